The molecule has 4 aromatic rings. The summed E-state index contributed by atoms with van der Waals surface area (Å²) in [7, 11) is 0. The number of rotatable bonds is 8. The third-order valence-corrected chi connectivity index (χ3v) is 7.49. The van der Waals surface area contributed by atoms with Gasteiger partial charge in [-0.1, -0.05) is 62.4 Å². The van der Waals surface area contributed by atoms with Gasteiger partial charge in [-0.25, -0.2) is 0 Å². The summed E-state index contributed by atoms with van der Waals surface area (Å²) in [6.07, 6.45) is 6.95. The number of hydrogen-bond donors (Lipinski definition) is 1. The molecule has 1 fully saturated rings. The highest BCUT2D eigenvalue weighted by molar-refractivity contribution is 5.92. The average molecular weight is 480 g/mol. The van der Waals surface area contributed by atoms with Gasteiger partial charge in [0, 0.05) is 28.9 Å². The minimum Gasteiger partial charge on any atom is -0.326 e. The third kappa shape index (κ3) is 5.55. The van der Waals surface area contributed by atoms with E-state index in [0.29, 0.717) is 5.92 Å². The van der Waals surface area contributed by atoms with Crippen LogP contribution >= 0.6 is 0 Å². The Morgan fingerprint density at radius 2 is 1.69 bits per heavy atom. The number of aromatic nitrogens is 1. The van der Waals surface area contributed by atoms with Gasteiger partial charge in [0.25, 0.3) is 0 Å². The molecule has 186 valence electrons. The molecule has 0 radical (unpaired) electrons. The molecular weight excluding hydrogens is 442 g/mol. The molecule has 0 atom stereocenters. The van der Waals surface area contributed by atoms with Crippen LogP contribution in [0.25, 0.3) is 16.6 Å². The van der Waals surface area contributed by atoms with Crippen molar-refractivity contribution in [2.45, 2.75) is 45.4 Å². The van der Waals surface area contributed by atoms with Crippen molar-refractivity contribution in [3.05, 3.63) is 96.2 Å². The van der Waals surface area contributed by atoms with E-state index in [9.17, 15) is 4.79 Å². The molecule has 1 amide bonds. The van der Waals surface area contributed by atoms with Gasteiger partial charge in [0.15, 0.2) is 0 Å². The SMILES string of the molecule is CC(C)C(=O)Nc1cccc(C2CCN(CCCc3cn(-c4ccccc4)c4ccccc34)CC2)c1. The average Bonchev–Trinajstić information content (AvgIpc) is 3.28. The molecule has 0 unspecified atom stereocenters. The van der Waals surface area contributed by atoms with Gasteiger partial charge in [-0.15, -0.1) is 0 Å². The van der Waals surface area contributed by atoms with Gasteiger partial charge >= 0.3 is 0 Å². The first-order chi connectivity index (χ1) is 17.6. The zero-order chi connectivity index (χ0) is 24.9. The van der Waals surface area contributed by atoms with Gasteiger partial charge in [0.05, 0.1) is 5.52 Å². The number of hydrogen-bond acceptors (Lipinski definition) is 2. The first-order valence-electron chi connectivity index (χ1n) is 13.4. The Balaban J connectivity index is 1.16. The summed E-state index contributed by atoms with van der Waals surface area (Å²) in [5.41, 5.74) is 6.21. The summed E-state index contributed by atoms with van der Waals surface area (Å²) in [6.45, 7) is 7.27. The molecule has 0 spiro atoms. The van der Waals surface area contributed by atoms with Crippen molar-refractivity contribution in [2.24, 2.45) is 5.92 Å². The Kier molecular flexibility index (Phi) is 7.52. The molecule has 1 aliphatic heterocycles. The fourth-order valence-electron chi connectivity index (χ4n) is 5.39. The summed E-state index contributed by atoms with van der Waals surface area (Å²) in [5, 5.41) is 4.41. The summed E-state index contributed by atoms with van der Waals surface area (Å²) in [5.74, 6) is 0.640. The number of nitrogens with one attached hydrogen (secondary N) is 1. The van der Waals surface area contributed by atoms with Crippen LogP contribution in [0, 0.1) is 5.92 Å². The van der Waals surface area contributed by atoms with Crippen molar-refractivity contribution < 1.29 is 4.79 Å². The molecule has 5 rings (SSSR count). The van der Waals surface area contributed by atoms with Crippen LogP contribution in [-0.4, -0.2) is 35.0 Å². The number of para-hydroxylation sites is 2. The summed E-state index contributed by atoms with van der Waals surface area (Å²) in [6, 6.07) is 27.8. The van der Waals surface area contributed by atoms with E-state index in [1.165, 1.54) is 47.0 Å². The first kappa shape index (κ1) is 24.3. The number of nitrogens with zero attached hydrogens (tertiary/aromatic N) is 2. The van der Waals surface area contributed by atoms with Crippen LogP contribution in [0.15, 0.2) is 85.1 Å². The summed E-state index contributed by atoms with van der Waals surface area (Å²) in [4.78, 5) is 14.7. The zero-order valence-corrected chi connectivity index (χ0v) is 21.5. The highest BCUT2D eigenvalue weighted by Gasteiger charge is 2.21. The first-order valence-corrected chi connectivity index (χ1v) is 13.4. The van der Waals surface area contributed by atoms with Crippen LogP contribution < -0.4 is 5.32 Å². The fraction of sp³-hybridized carbons (Fsp3) is 0.344. The number of benzene rings is 3. The molecule has 1 saturated heterocycles. The normalized spacial score (nSPS) is 15.0. The second-order valence-electron chi connectivity index (χ2n) is 10.4. The van der Waals surface area contributed by atoms with Crippen LogP contribution in [0.5, 0.6) is 0 Å². The van der Waals surface area contributed by atoms with Crippen LogP contribution in [0.3, 0.4) is 0 Å². The predicted octanol–water partition coefficient (Wildman–Crippen LogP) is 7.04. The third-order valence-electron chi connectivity index (χ3n) is 7.49. The highest BCUT2D eigenvalue weighted by Crippen LogP contribution is 2.30. The van der Waals surface area contributed by atoms with Crippen LogP contribution in [0.4, 0.5) is 5.69 Å². The second kappa shape index (κ2) is 11.1. The highest BCUT2D eigenvalue weighted by atomic mass is 16.1. The molecular formula is C32H37N3O. The lowest BCUT2D eigenvalue weighted by Gasteiger charge is -2.32. The lowest BCUT2D eigenvalue weighted by Crippen LogP contribution is -2.33. The van der Waals surface area contributed by atoms with Crippen molar-refractivity contribution in [2.75, 3.05) is 25.0 Å². The molecule has 0 bridgehead atoms. The maximum absolute atomic E-state index is 12.1. The number of likely N-dealkylation sites (tertiary alicyclic amines) is 1. The molecule has 3 aromatic carbocycles. The molecule has 2 heterocycles. The van der Waals surface area contributed by atoms with Crippen molar-refractivity contribution in [1.82, 2.24) is 9.47 Å². The van der Waals surface area contributed by atoms with Gasteiger partial charge in [0.1, 0.15) is 0 Å². The van der Waals surface area contributed by atoms with Crippen molar-refractivity contribution in [3.63, 3.8) is 0 Å². The number of fused-ring (bicyclic) bond motifs is 1. The van der Waals surface area contributed by atoms with E-state index in [1.54, 1.807) is 0 Å². The Bertz CT molecular complexity index is 1300. The second-order valence-corrected chi connectivity index (χ2v) is 10.4. The molecule has 0 saturated carbocycles. The van der Waals surface area contributed by atoms with E-state index in [2.05, 4.69) is 93.8 Å². The van der Waals surface area contributed by atoms with Gasteiger partial charge in [0.2, 0.25) is 5.91 Å². The number of carbonyl (C=O) groups is 1. The lowest BCUT2D eigenvalue weighted by atomic mass is 9.89. The quantitative estimate of drug-likeness (QED) is 0.294. The van der Waals surface area contributed by atoms with E-state index in [-0.39, 0.29) is 11.8 Å². The van der Waals surface area contributed by atoms with Gasteiger partial charge in [-0.3, -0.25) is 4.79 Å². The fourth-order valence-corrected chi connectivity index (χ4v) is 5.39. The van der Waals surface area contributed by atoms with E-state index >= 15 is 0 Å². The van der Waals surface area contributed by atoms with Crippen LogP contribution in [0.2, 0.25) is 0 Å². The standard InChI is InChI=1S/C32H37N3O/c1-24(2)32(36)33-28-12-8-10-26(22-28)25-17-20-34(21-18-25)19-9-11-27-23-35(29-13-4-3-5-14-29)31-16-7-6-15-30(27)31/h3-8,10,12-16,22-25H,9,11,17-21H2,1-2H3,(H,33,36). The molecule has 1 aliphatic rings. The number of amides is 1. The van der Waals surface area contributed by atoms with Crippen LogP contribution in [0.1, 0.15) is 50.2 Å². The zero-order valence-electron chi connectivity index (χ0n) is 21.5. The number of aryl methyl sites for hydroxylation is 1. The van der Waals surface area contributed by atoms with Crippen LogP contribution in [-0.2, 0) is 11.2 Å². The smallest absolute Gasteiger partial charge is 0.226 e. The maximum Gasteiger partial charge on any atom is 0.226 e. The molecule has 0 aliphatic carbocycles. The number of anilines is 1. The van der Waals surface area contributed by atoms with E-state index in [0.717, 1.165) is 31.7 Å². The number of piperidine rings is 1. The molecule has 36 heavy (non-hydrogen) atoms. The predicted molar refractivity (Wildman–Crippen MR) is 150 cm³/mol. The van der Waals surface area contributed by atoms with E-state index in [1.807, 2.05) is 19.9 Å². The maximum atomic E-state index is 12.1. The molecule has 4 heteroatoms. The number of carbonyl (C=O) groups excluding carboxylic acids is 1. The topological polar surface area (TPSA) is 37.3 Å². The Labute approximate surface area is 214 Å². The lowest BCUT2D eigenvalue weighted by molar-refractivity contribution is -0.118. The molecule has 4 nitrogen and oxygen atoms in total. The van der Waals surface area contributed by atoms with Crippen molar-refractivity contribution >= 4 is 22.5 Å². The van der Waals surface area contributed by atoms with Gasteiger partial charge in [-0.05, 0) is 92.7 Å². The minimum atomic E-state index is -0.00761. The van der Waals surface area contributed by atoms with E-state index in [4.69, 9.17) is 0 Å². The van der Waals surface area contributed by atoms with Crippen molar-refractivity contribution in [1.29, 1.82) is 0 Å². The Hall–Kier alpha value is -3.37. The molecule has 1 N–H and O–H groups in total. The van der Waals surface area contributed by atoms with E-state index < -0.39 is 0 Å². The monoisotopic (exact) mass is 479 g/mol. The molecule has 1 aromatic heterocycles. The Morgan fingerprint density at radius 3 is 2.47 bits per heavy atom. The minimum absolute atomic E-state index is 0.00761. The van der Waals surface area contributed by atoms with Gasteiger partial charge < -0.3 is 14.8 Å². The largest absolute Gasteiger partial charge is 0.326 e. The summed E-state index contributed by atoms with van der Waals surface area (Å²) >= 11 is 0. The van der Waals surface area contributed by atoms with Crippen molar-refractivity contribution in [3.8, 4) is 5.69 Å². The summed E-state index contributed by atoms with van der Waals surface area (Å²) < 4.78 is 2.33. The van der Waals surface area contributed by atoms with Gasteiger partial charge in [-0.2, -0.15) is 0 Å². The Morgan fingerprint density at radius 1 is 0.944 bits per heavy atom.